The van der Waals surface area contributed by atoms with Crippen LogP contribution in [0.15, 0.2) is 137 Å². The Kier molecular flexibility index (Phi) is 24.4. The third-order valence-corrected chi connectivity index (χ3v) is 17.0. The van der Waals surface area contributed by atoms with Crippen LogP contribution in [0.25, 0.3) is 0 Å². The van der Waals surface area contributed by atoms with E-state index in [0.717, 1.165) is 86.5 Å². The molecule has 2 atom stereocenters. The Morgan fingerprint density at radius 1 is 0.536 bits per heavy atom. The topological polar surface area (TPSA) is 265 Å². The largest absolute Gasteiger partial charge is 0.493 e. The molecule has 0 spiro atoms. The van der Waals surface area contributed by atoms with Crippen molar-refractivity contribution in [3.63, 3.8) is 0 Å². The highest BCUT2D eigenvalue weighted by atomic mass is 32.2. The van der Waals surface area contributed by atoms with Gasteiger partial charge in [0, 0.05) is 87.0 Å². The molecule has 0 bridgehead atoms. The van der Waals surface area contributed by atoms with Crippen LogP contribution in [-0.4, -0.2) is 148 Å². The molecule has 11 rings (SSSR count). The molecule has 7 aromatic carbocycles. The normalized spacial score (nSPS) is 14.4. The van der Waals surface area contributed by atoms with Gasteiger partial charge in [0.1, 0.15) is 38.6 Å². The minimum absolute atomic E-state index is 0. The maximum atomic E-state index is 13.9. The molecule has 0 saturated carbocycles. The van der Waals surface area contributed by atoms with E-state index in [-0.39, 0.29) is 102 Å². The SMILES string of the molecule is C.CCc1cc(COS(C)(=O)=O)cc(N(C)CC(=O)OC)c1.COC(=O)CN(C)c1cc(CO)cc(CO)c1.COC(=O)CN(C)c1cc(COc2cc3c(cc2C)C(=O)N2c4ccccc4C[C@H]2C=N3)cc(COc2cc3c(cc2OC)C(=O)N2c4ccccc4C[C@H]2C=N3)c1. The zero-order valence-corrected chi connectivity index (χ0v) is 56.2. The number of aryl methyl sites for hydroxylation is 2. The molecule has 97 heavy (non-hydrogen) atoms. The summed E-state index contributed by atoms with van der Waals surface area (Å²) in [4.78, 5) is 80.9. The van der Waals surface area contributed by atoms with E-state index >= 15 is 0 Å². The summed E-state index contributed by atoms with van der Waals surface area (Å²) >= 11 is 0. The second-order valence-electron chi connectivity index (χ2n) is 23.4. The number of nitrogens with zero attached hydrogens (tertiary/aromatic N) is 7. The van der Waals surface area contributed by atoms with Gasteiger partial charge in [0.25, 0.3) is 21.9 Å². The number of fused-ring (bicyclic) bond motifs is 8. The summed E-state index contributed by atoms with van der Waals surface area (Å²) in [6.45, 7) is 4.29. The minimum Gasteiger partial charge on any atom is -0.493 e. The average molecular weight is 1350 g/mol. The van der Waals surface area contributed by atoms with Gasteiger partial charge in [0.2, 0.25) is 0 Å². The van der Waals surface area contributed by atoms with Crippen LogP contribution >= 0.6 is 0 Å². The summed E-state index contributed by atoms with van der Waals surface area (Å²) in [5, 5.41) is 18.2. The quantitative estimate of drug-likeness (QED) is 0.0363. The average Bonchev–Trinajstić information content (AvgIpc) is 1.63. The smallest absolute Gasteiger partial charge is 0.325 e. The molecule has 24 heteroatoms. The molecular weight excluding hydrogens is 1260 g/mol. The van der Waals surface area contributed by atoms with Gasteiger partial charge >= 0.3 is 17.9 Å². The minimum atomic E-state index is -3.49. The number of ether oxygens (including phenoxy) is 6. The van der Waals surface area contributed by atoms with Crippen molar-refractivity contribution in [1.82, 2.24) is 0 Å². The van der Waals surface area contributed by atoms with E-state index in [1.807, 2.05) is 123 Å². The molecule has 0 saturated heterocycles. The number of para-hydroxylation sites is 2. The molecule has 23 nitrogen and oxygen atoms in total. The zero-order chi connectivity index (χ0) is 69.0. The first kappa shape index (κ1) is 72.7. The van der Waals surface area contributed by atoms with Crippen molar-refractivity contribution in [2.45, 2.75) is 85.7 Å². The van der Waals surface area contributed by atoms with E-state index in [1.54, 1.807) is 77.2 Å². The van der Waals surface area contributed by atoms with Crippen molar-refractivity contribution < 1.29 is 75.2 Å². The fourth-order valence-corrected chi connectivity index (χ4v) is 11.8. The first-order valence-corrected chi connectivity index (χ1v) is 32.7. The predicted molar refractivity (Wildman–Crippen MR) is 373 cm³/mol. The van der Waals surface area contributed by atoms with Gasteiger partial charge in [-0.2, -0.15) is 8.42 Å². The number of rotatable bonds is 22. The Morgan fingerprint density at radius 2 is 0.928 bits per heavy atom. The number of aliphatic hydroxyl groups excluding tert-OH is 2. The Morgan fingerprint density at radius 3 is 1.36 bits per heavy atom. The number of aliphatic imine (C=N–C) groups is 2. The van der Waals surface area contributed by atoms with Crippen LogP contribution in [0.5, 0.6) is 17.2 Å². The summed E-state index contributed by atoms with van der Waals surface area (Å²) in [6.07, 6.45) is 6.90. The maximum absolute atomic E-state index is 13.9. The predicted octanol–water partition coefficient (Wildman–Crippen LogP) is 9.60. The van der Waals surface area contributed by atoms with E-state index in [1.165, 1.54) is 21.3 Å². The first-order chi connectivity index (χ1) is 46.0. The molecule has 512 valence electrons. The Balaban J connectivity index is 0.000000252. The van der Waals surface area contributed by atoms with Crippen LogP contribution < -0.4 is 38.7 Å². The van der Waals surface area contributed by atoms with Crippen molar-refractivity contribution in [2.24, 2.45) is 9.98 Å². The summed E-state index contributed by atoms with van der Waals surface area (Å²) in [7, 11) is 7.41. The third-order valence-electron chi connectivity index (χ3n) is 16.5. The molecule has 0 aliphatic carbocycles. The number of aliphatic hydroxyl groups is 2. The number of esters is 3. The van der Waals surface area contributed by atoms with E-state index in [2.05, 4.69) is 15.5 Å². The number of anilines is 5. The van der Waals surface area contributed by atoms with E-state index < -0.39 is 10.1 Å². The Bertz CT molecular complexity index is 4210. The van der Waals surface area contributed by atoms with Crippen molar-refractivity contribution in [3.05, 3.63) is 189 Å². The van der Waals surface area contributed by atoms with Crippen LogP contribution in [-0.2, 0) is 95.2 Å². The van der Waals surface area contributed by atoms with Gasteiger partial charge in [-0.1, -0.05) is 62.9 Å². The summed E-state index contributed by atoms with van der Waals surface area (Å²) in [5.74, 6) is 0.146. The van der Waals surface area contributed by atoms with Crippen LogP contribution in [0.2, 0.25) is 0 Å². The molecule has 0 fully saturated rings. The summed E-state index contributed by atoms with van der Waals surface area (Å²) in [5.41, 5.74) is 14.0. The fraction of sp³-hybridized carbons (Fsp3) is 0.329. The van der Waals surface area contributed by atoms with Crippen molar-refractivity contribution in [2.75, 3.05) is 100.0 Å². The maximum Gasteiger partial charge on any atom is 0.325 e. The molecule has 2 amide bonds. The van der Waals surface area contributed by atoms with E-state index in [4.69, 9.17) is 43.3 Å². The molecule has 4 aliphatic rings. The highest BCUT2D eigenvalue weighted by molar-refractivity contribution is 7.85. The fourth-order valence-electron chi connectivity index (χ4n) is 11.5. The molecule has 0 unspecified atom stereocenters. The lowest BCUT2D eigenvalue weighted by atomic mass is 10.1. The molecule has 4 aliphatic heterocycles. The molecule has 7 aromatic rings. The first-order valence-electron chi connectivity index (χ1n) is 30.9. The monoisotopic (exact) mass is 1350 g/mol. The van der Waals surface area contributed by atoms with Crippen molar-refractivity contribution in [1.29, 1.82) is 0 Å². The van der Waals surface area contributed by atoms with Crippen LogP contribution in [0, 0.1) is 6.92 Å². The Hall–Kier alpha value is -10.1. The van der Waals surface area contributed by atoms with Gasteiger partial charge in [-0.3, -0.25) is 47.9 Å². The number of amides is 2. The summed E-state index contributed by atoms with van der Waals surface area (Å²) < 4.78 is 59.7. The highest BCUT2D eigenvalue weighted by Crippen LogP contribution is 2.43. The lowest BCUT2D eigenvalue weighted by Crippen LogP contribution is -2.37. The van der Waals surface area contributed by atoms with E-state index in [9.17, 15) is 32.4 Å². The van der Waals surface area contributed by atoms with Crippen molar-refractivity contribution in [3.8, 4) is 17.2 Å². The molecule has 4 heterocycles. The van der Waals surface area contributed by atoms with Gasteiger partial charge in [0.15, 0.2) is 11.5 Å². The number of carbonyl (C=O) groups is 5. The second kappa shape index (κ2) is 32.5. The number of benzene rings is 7. The summed E-state index contributed by atoms with van der Waals surface area (Å²) in [6, 6.07) is 39.4. The third kappa shape index (κ3) is 17.9. The second-order valence-corrected chi connectivity index (χ2v) is 25.0. The highest BCUT2D eigenvalue weighted by Gasteiger charge is 2.38. The number of hydrogen-bond donors (Lipinski definition) is 2. The molecular formula is C73H83N7O16S. The van der Waals surface area contributed by atoms with Gasteiger partial charge in [0.05, 0.1) is 89.1 Å². The van der Waals surface area contributed by atoms with Crippen LogP contribution in [0.1, 0.15) is 85.1 Å². The van der Waals surface area contributed by atoms with Gasteiger partial charge in [-0.05, 0) is 130 Å². The lowest BCUT2D eigenvalue weighted by molar-refractivity contribution is -0.139. The number of methoxy groups -OCH3 is 4. The molecule has 0 radical (unpaired) electrons. The van der Waals surface area contributed by atoms with Gasteiger partial charge in [-0.25, -0.2) is 0 Å². The van der Waals surface area contributed by atoms with E-state index in [0.29, 0.717) is 57.3 Å². The number of carbonyl (C=O) groups excluding carboxylic acids is 5. The Labute approximate surface area is 566 Å². The van der Waals surface area contributed by atoms with Crippen molar-refractivity contribution >= 4 is 92.1 Å². The van der Waals surface area contributed by atoms with Gasteiger partial charge in [-0.15, -0.1) is 0 Å². The number of likely N-dealkylation sites (N-methyl/N-ethyl adjacent to an activating group) is 3. The van der Waals surface area contributed by atoms with Crippen LogP contribution in [0.3, 0.4) is 0 Å². The zero-order valence-electron chi connectivity index (χ0n) is 55.4. The molecule has 0 aromatic heterocycles. The standard InChI is InChI=1S/C46H41N5O7.C14H21NO5S.C12H17NO4.CH4/c1-27-13-35-37(47-22-33-17-30-9-5-7-11-39(30)50(33)45(35)53)20-41(27)57-25-28-14-29(16-32(15-28)49(2)24-44(52)56-4)26-58-43-21-38-36(19-42(43)55-3)46(54)51-34(23-48-38)18-31-10-6-8-12-40(31)51;1-5-11-6-12(10-20-21(4,17)18)8-13(7-11)15(2)9-14(16)19-3;1-13(6-12(16)17-2)11-4-9(7-14)3-10(5-11)8-15;/h5-16,19-23,33-34H,17-18,24-26H2,1-4H3;6-8H,5,9-10H2,1-4H3;3-5,14-15H,6-8H2,1-2H3;1H4/t33-,34-;;;/m0.../s1. The molecule has 2 N–H and O–H groups in total. The van der Waals surface area contributed by atoms with Gasteiger partial charge < -0.3 is 53.3 Å². The lowest BCUT2D eigenvalue weighted by Gasteiger charge is -2.22. The van der Waals surface area contributed by atoms with Crippen LogP contribution in [0.4, 0.5) is 39.8 Å². The number of hydrogen-bond acceptors (Lipinski definition) is 21.